The van der Waals surface area contributed by atoms with Crippen molar-refractivity contribution in [3.05, 3.63) is 89.7 Å². The van der Waals surface area contributed by atoms with Gasteiger partial charge in [-0.25, -0.2) is 0 Å². The second kappa shape index (κ2) is 18.7. The number of rotatable bonds is 16. The highest BCUT2D eigenvalue weighted by atomic mass is 35.5. The minimum Gasteiger partial charge on any atom is -0.494 e. The van der Waals surface area contributed by atoms with Gasteiger partial charge in [0.05, 0.1) is 25.1 Å². The maximum Gasteiger partial charge on any atom is 0.311 e. The summed E-state index contributed by atoms with van der Waals surface area (Å²) in [5, 5.41) is 15.4. The predicted molar refractivity (Wildman–Crippen MR) is 158 cm³/mol. The lowest BCUT2D eigenvalue weighted by atomic mass is 10.2. The third kappa shape index (κ3) is 13.2. The van der Waals surface area contributed by atoms with E-state index < -0.39 is 11.9 Å². The number of hydrogen-bond donors (Lipinski definition) is 2. The molecule has 10 nitrogen and oxygen atoms in total. The van der Waals surface area contributed by atoms with Crippen LogP contribution in [0.5, 0.6) is 5.75 Å². The van der Waals surface area contributed by atoms with Crippen LogP contribution in [0.2, 0.25) is 5.02 Å². The highest BCUT2D eigenvalue weighted by Gasteiger charge is 2.12. The molecule has 0 fully saturated rings. The second-order valence-electron chi connectivity index (χ2n) is 9.20. The van der Waals surface area contributed by atoms with E-state index in [9.17, 15) is 9.59 Å². The van der Waals surface area contributed by atoms with Crippen LogP contribution in [-0.4, -0.2) is 31.0 Å². The van der Waals surface area contributed by atoms with E-state index in [1.54, 1.807) is 41.2 Å². The van der Waals surface area contributed by atoms with Crippen LogP contribution >= 0.6 is 11.6 Å². The first-order valence-corrected chi connectivity index (χ1v) is 14.1. The summed E-state index contributed by atoms with van der Waals surface area (Å²) in [5.74, 6) is 0.209. The van der Waals surface area contributed by atoms with Crippen LogP contribution in [0, 0.1) is 11.5 Å². The Hall–Kier alpha value is -4.62. The fourth-order valence-electron chi connectivity index (χ4n) is 3.64. The van der Waals surface area contributed by atoms with Gasteiger partial charge < -0.3 is 19.5 Å². The zero-order valence-electron chi connectivity index (χ0n) is 23.3. The summed E-state index contributed by atoms with van der Waals surface area (Å²) in [4.78, 5) is 28.3. The number of carbonyl (C=O) groups is 2. The summed E-state index contributed by atoms with van der Waals surface area (Å²) in [5.41, 5.74) is 1.59. The van der Waals surface area contributed by atoms with Gasteiger partial charge in [-0.2, -0.15) is 9.83 Å². The number of nitriles is 1. The number of unbranched alkanes of at least 4 members (excludes halogenated alkanes) is 3. The molecule has 220 valence electrons. The van der Waals surface area contributed by atoms with Gasteiger partial charge in [-0.05, 0) is 49.1 Å². The standard InChI is InChI=1S/C31H34ClN5O5/c32-26-10-12-28(13-11-26)40-21-7-2-1-6-18-34-31(35-23-33)36-27-16-19-37(20-17-27)24-42-30(39)15-14-29(38)41-22-25-8-4-3-5-9-25/h3-5,8-13,16-17,19-20H,1-2,6-7,14-15,18,21-22,24H2,(H,34,35)/p+1. The molecule has 3 aromatic rings. The average molecular weight is 593 g/mol. The highest BCUT2D eigenvalue weighted by Crippen LogP contribution is 2.16. The number of aromatic nitrogens is 1. The van der Waals surface area contributed by atoms with Crippen molar-refractivity contribution in [1.29, 1.82) is 5.26 Å². The summed E-state index contributed by atoms with van der Waals surface area (Å²) in [6, 6.07) is 20.2. The molecule has 0 aliphatic carbocycles. The van der Waals surface area contributed by atoms with Crippen LogP contribution in [0.15, 0.2) is 84.1 Å². The Labute approximate surface area is 250 Å². The van der Waals surface area contributed by atoms with Gasteiger partial charge in [0.2, 0.25) is 5.96 Å². The molecule has 0 radical (unpaired) electrons. The molecule has 42 heavy (non-hydrogen) atoms. The van der Waals surface area contributed by atoms with E-state index in [1.807, 2.05) is 48.7 Å². The third-order valence-corrected chi connectivity index (χ3v) is 6.14. The van der Waals surface area contributed by atoms with Crippen LogP contribution in [0.25, 0.3) is 0 Å². The molecule has 1 aromatic heterocycles. The molecule has 0 saturated heterocycles. The number of guanidine groups is 1. The third-order valence-electron chi connectivity index (χ3n) is 5.88. The Bertz CT molecular complexity index is 1310. The Morgan fingerprint density at radius 1 is 0.881 bits per heavy atom. The zero-order valence-corrected chi connectivity index (χ0v) is 24.1. The maximum absolute atomic E-state index is 12.0. The first-order chi connectivity index (χ1) is 20.5. The Balaban J connectivity index is 1.29. The molecular weight excluding hydrogens is 558 g/mol. The Morgan fingerprint density at radius 2 is 1.57 bits per heavy atom. The van der Waals surface area contributed by atoms with E-state index in [-0.39, 0.29) is 26.2 Å². The fraction of sp³-hybridized carbons (Fsp3) is 0.323. The zero-order chi connectivity index (χ0) is 29.8. The number of hydrogen-bond acceptors (Lipinski definition) is 7. The topological polar surface area (TPSA) is 126 Å². The van der Waals surface area contributed by atoms with E-state index >= 15 is 0 Å². The van der Waals surface area contributed by atoms with Crippen molar-refractivity contribution < 1.29 is 28.4 Å². The Morgan fingerprint density at radius 3 is 2.29 bits per heavy atom. The van der Waals surface area contributed by atoms with Gasteiger partial charge in [-0.3, -0.25) is 19.9 Å². The number of benzene rings is 2. The molecule has 0 aliphatic rings. The number of anilines is 1. The summed E-state index contributed by atoms with van der Waals surface area (Å²) < 4.78 is 17.8. The number of ether oxygens (including phenoxy) is 3. The molecule has 0 unspecified atom stereocenters. The summed E-state index contributed by atoms with van der Waals surface area (Å²) in [7, 11) is 0. The molecule has 0 amide bonds. The first kappa shape index (κ1) is 31.9. The van der Waals surface area contributed by atoms with E-state index in [1.165, 1.54) is 0 Å². The molecular formula is C31H35ClN5O5+. The Kier molecular flexibility index (Phi) is 14.2. The van der Waals surface area contributed by atoms with Crippen LogP contribution in [0.4, 0.5) is 5.69 Å². The largest absolute Gasteiger partial charge is 0.494 e. The highest BCUT2D eigenvalue weighted by molar-refractivity contribution is 6.30. The van der Waals surface area contributed by atoms with Gasteiger partial charge in [0.25, 0.3) is 6.73 Å². The van der Waals surface area contributed by atoms with Crippen molar-refractivity contribution >= 4 is 35.2 Å². The molecule has 0 aliphatic heterocycles. The summed E-state index contributed by atoms with van der Waals surface area (Å²) >= 11 is 5.87. The maximum atomic E-state index is 12.0. The number of carbonyl (C=O) groups excluding carboxylic acids is 2. The fourth-order valence-corrected chi connectivity index (χ4v) is 3.76. The lowest BCUT2D eigenvalue weighted by Crippen LogP contribution is -2.35. The van der Waals surface area contributed by atoms with Gasteiger partial charge in [0, 0.05) is 23.7 Å². The van der Waals surface area contributed by atoms with Gasteiger partial charge >= 0.3 is 11.9 Å². The van der Waals surface area contributed by atoms with Gasteiger partial charge in [0.15, 0.2) is 18.6 Å². The van der Waals surface area contributed by atoms with Crippen molar-refractivity contribution in [3.63, 3.8) is 0 Å². The molecule has 0 saturated carbocycles. The lowest BCUT2D eigenvalue weighted by molar-refractivity contribution is -0.727. The van der Waals surface area contributed by atoms with Crippen LogP contribution < -0.4 is 19.9 Å². The average Bonchev–Trinajstić information content (AvgIpc) is 3.01. The molecule has 11 heteroatoms. The molecule has 2 N–H and O–H groups in total. The number of nitrogens with one attached hydrogen (secondary N) is 2. The molecule has 1 heterocycles. The monoisotopic (exact) mass is 592 g/mol. The van der Waals surface area contributed by atoms with Crippen molar-refractivity contribution in [3.8, 4) is 11.9 Å². The molecule has 0 atom stereocenters. The van der Waals surface area contributed by atoms with Crippen molar-refractivity contribution in [2.75, 3.05) is 18.5 Å². The quantitative estimate of drug-likeness (QED) is 0.0446. The van der Waals surface area contributed by atoms with E-state index in [0.717, 1.165) is 37.0 Å². The van der Waals surface area contributed by atoms with E-state index in [2.05, 4.69) is 15.6 Å². The van der Waals surface area contributed by atoms with Crippen LogP contribution in [0.1, 0.15) is 44.1 Å². The number of nitrogens with zero attached hydrogens (tertiary/aromatic N) is 3. The van der Waals surface area contributed by atoms with Crippen LogP contribution in [0.3, 0.4) is 0 Å². The van der Waals surface area contributed by atoms with Gasteiger partial charge in [-0.1, -0.05) is 48.4 Å². The number of aliphatic imine (C=N–C) groups is 1. The van der Waals surface area contributed by atoms with Crippen molar-refractivity contribution in [2.24, 2.45) is 4.99 Å². The van der Waals surface area contributed by atoms with E-state index in [4.69, 9.17) is 31.1 Å². The first-order valence-electron chi connectivity index (χ1n) is 13.7. The molecule has 3 rings (SSSR count). The minimum absolute atomic E-state index is 0.000305. The van der Waals surface area contributed by atoms with Gasteiger partial charge in [0.1, 0.15) is 12.4 Å². The number of esters is 2. The number of pyridine rings is 1. The van der Waals surface area contributed by atoms with E-state index in [0.29, 0.717) is 29.8 Å². The van der Waals surface area contributed by atoms with Crippen molar-refractivity contribution in [2.45, 2.75) is 51.9 Å². The summed E-state index contributed by atoms with van der Waals surface area (Å²) in [6.45, 7) is 1.38. The second-order valence-corrected chi connectivity index (χ2v) is 9.64. The molecule has 0 bridgehead atoms. The molecule has 0 spiro atoms. The number of halogens is 1. The summed E-state index contributed by atoms with van der Waals surface area (Å²) in [6.07, 6.45) is 9.05. The smallest absolute Gasteiger partial charge is 0.311 e. The molecule has 2 aromatic carbocycles. The normalized spacial score (nSPS) is 10.8. The lowest BCUT2D eigenvalue weighted by Gasteiger charge is -2.08. The van der Waals surface area contributed by atoms with Gasteiger partial charge in [-0.15, -0.1) is 0 Å². The SMILES string of the molecule is N#CNC(=NCCCCCCOc1ccc(Cl)cc1)Nc1cc[n+](COC(=O)CCC(=O)OCc2ccccc2)cc1. The minimum atomic E-state index is -0.497. The predicted octanol–water partition coefficient (Wildman–Crippen LogP) is 5.13. The van der Waals surface area contributed by atoms with Crippen molar-refractivity contribution in [1.82, 2.24) is 5.32 Å². The van der Waals surface area contributed by atoms with Crippen LogP contribution in [-0.2, 0) is 32.4 Å².